The second kappa shape index (κ2) is 12.2. The molecule has 0 bridgehead atoms. The summed E-state index contributed by atoms with van der Waals surface area (Å²) in [6.45, 7) is 0. The van der Waals surface area contributed by atoms with Crippen LogP contribution < -0.4 is 0 Å². The molecule has 0 aliphatic heterocycles. The van der Waals surface area contributed by atoms with Gasteiger partial charge in [0.25, 0.3) is 0 Å². The van der Waals surface area contributed by atoms with Gasteiger partial charge >= 0.3 is 0 Å². The van der Waals surface area contributed by atoms with Gasteiger partial charge in [-0.25, -0.2) is 0 Å². The molecule has 0 aliphatic rings. The van der Waals surface area contributed by atoms with E-state index in [4.69, 9.17) is 0 Å². The van der Waals surface area contributed by atoms with Gasteiger partial charge in [-0.15, -0.1) is 0 Å². The molecule has 0 atom stereocenters. The van der Waals surface area contributed by atoms with E-state index in [1.54, 1.807) is 0 Å². The molecule has 2 heteroatoms. The van der Waals surface area contributed by atoms with Crippen LogP contribution in [0.5, 0.6) is 0 Å². The van der Waals surface area contributed by atoms with Crippen molar-refractivity contribution in [2.45, 2.75) is 0 Å². The molecular weight excluding hydrogens is 653 g/mol. The first-order chi connectivity index (χ1) is 26.8. The van der Waals surface area contributed by atoms with Crippen molar-refractivity contribution in [3.8, 4) is 44.8 Å². The summed E-state index contributed by atoms with van der Waals surface area (Å²) in [7, 11) is 0. The van der Waals surface area contributed by atoms with E-state index in [0.717, 1.165) is 0 Å². The summed E-state index contributed by atoms with van der Waals surface area (Å²) in [5.74, 6) is 0. The molecule has 0 saturated carbocycles. The molecule has 2 heterocycles. The highest BCUT2D eigenvalue weighted by molar-refractivity contribution is 6.13. The van der Waals surface area contributed by atoms with Crippen LogP contribution in [0.1, 0.15) is 0 Å². The van der Waals surface area contributed by atoms with Crippen molar-refractivity contribution in [2.75, 3.05) is 0 Å². The van der Waals surface area contributed by atoms with E-state index in [-0.39, 0.29) is 0 Å². The number of hydrogen-bond donors (Lipinski definition) is 0. The van der Waals surface area contributed by atoms with Gasteiger partial charge in [0, 0.05) is 32.7 Å². The molecule has 11 aromatic rings. The van der Waals surface area contributed by atoms with Crippen molar-refractivity contribution in [2.24, 2.45) is 0 Å². The van der Waals surface area contributed by atoms with E-state index in [2.05, 4.69) is 215 Å². The number of para-hydroxylation sites is 4. The van der Waals surface area contributed by atoms with Crippen LogP contribution in [0.3, 0.4) is 0 Å². The molecule has 0 unspecified atom stereocenters. The lowest BCUT2D eigenvalue weighted by atomic mass is 9.99. The number of rotatable bonds is 5. The van der Waals surface area contributed by atoms with Gasteiger partial charge in [-0.1, -0.05) is 158 Å². The Bertz CT molecular complexity index is 3220. The Balaban J connectivity index is 1.11. The van der Waals surface area contributed by atoms with Gasteiger partial charge in [0.15, 0.2) is 0 Å². The zero-order valence-electron chi connectivity index (χ0n) is 29.5. The predicted molar refractivity (Wildman–Crippen MR) is 229 cm³/mol. The molecule has 0 amide bonds. The minimum Gasteiger partial charge on any atom is -0.309 e. The number of fused-ring (bicyclic) bond motifs is 7. The number of aromatic nitrogens is 2. The SMILES string of the molecule is c1ccc(-c2ccccc2-n2c3ccccc3c3ccc(-c4ccc5c(c4)c4ccccc4n5-c4ccccc4-c4ccc5ccccc5c4)cc32)cc1. The summed E-state index contributed by atoms with van der Waals surface area (Å²) in [4.78, 5) is 0. The summed E-state index contributed by atoms with van der Waals surface area (Å²) in [6.07, 6.45) is 0. The van der Waals surface area contributed by atoms with E-state index < -0.39 is 0 Å². The van der Waals surface area contributed by atoms with Gasteiger partial charge in [-0.2, -0.15) is 0 Å². The van der Waals surface area contributed by atoms with Crippen molar-refractivity contribution in [3.05, 3.63) is 206 Å². The van der Waals surface area contributed by atoms with Crippen LogP contribution in [0.25, 0.3) is 99.1 Å². The lowest BCUT2D eigenvalue weighted by Crippen LogP contribution is -1.97. The number of nitrogens with zero attached hydrogens (tertiary/aromatic N) is 2. The van der Waals surface area contributed by atoms with Crippen molar-refractivity contribution < 1.29 is 0 Å². The largest absolute Gasteiger partial charge is 0.309 e. The maximum Gasteiger partial charge on any atom is 0.0547 e. The first-order valence-electron chi connectivity index (χ1n) is 18.6. The highest BCUT2D eigenvalue weighted by Crippen LogP contribution is 2.41. The number of hydrogen-bond acceptors (Lipinski definition) is 0. The summed E-state index contributed by atoms with van der Waals surface area (Å²) < 4.78 is 4.89. The zero-order chi connectivity index (χ0) is 35.6. The Morgan fingerprint density at radius 1 is 0.241 bits per heavy atom. The normalized spacial score (nSPS) is 11.7. The average Bonchev–Trinajstić information content (AvgIpc) is 3.76. The topological polar surface area (TPSA) is 9.86 Å². The quantitative estimate of drug-likeness (QED) is 0.171. The molecule has 2 aromatic heterocycles. The fourth-order valence-electron chi connectivity index (χ4n) is 8.62. The summed E-state index contributed by atoms with van der Waals surface area (Å²) in [6, 6.07) is 75.2. The Morgan fingerprint density at radius 2 is 0.741 bits per heavy atom. The predicted octanol–water partition coefficient (Wildman–Crippen LogP) is 14.0. The maximum absolute atomic E-state index is 2.45. The van der Waals surface area contributed by atoms with Crippen molar-refractivity contribution in [3.63, 3.8) is 0 Å². The van der Waals surface area contributed by atoms with Gasteiger partial charge in [0.2, 0.25) is 0 Å². The smallest absolute Gasteiger partial charge is 0.0547 e. The third-order valence-corrected chi connectivity index (χ3v) is 11.1. The van der Waals surface area contributed by atoms with Crippen LogP contribution in [0.15, 0.2) is 206 Å². The van der Waals surface area contributed by atoms with E-state index in [9.17, 15) is 0 Å². The zero-order valence-corrected chi connectivity index (χ0v) is 29.5. The van der Waals surface area contributed by atoms with E-state index in [1.165, 1.54) is 99.1 Å². The summed E-state index contributed by atoms with van der Waals surface area (Å²) in [5, 5.41) is 7.49. The third-order valence-electron chi connectivity index (χ3n) is 11.1. The molecule has 0 spiro atoms. The first kappa shape index (κ1) is 30.5. The Morgan fingerprint density at radius 3 is 1.50 bits per heavy atom. The Kier molecular flexibility index (Phi) is 6.90. The molecule has 0 fully saturated rings. The molecular formula is C52H34N2. The lowest BCUT2D eigenvalue weighted by Gasteiger charge is -2.15. The highest BCUT2D eigenvalue weighted by atomic mass is 15.0. The average molecular weight is 687 g/mol. The highest BCUT2D eigenvalue weighted by Gasteiger charge is 2.19. The Labute approximate surface area is 313 Å². The van der Waals surface area contributed by atoms with Gasteiger partial charge in [0.05, 0.1) is 33.4 Å². The third kappa shape index (κ3) is 4.74. The summed E-state index contributed by atoms with van der Waals surface area (Å²) >= 11 is 0. The van der Waals surface area contributed by atoms with Crippen LogP contribution in [0, 0.1) is 0 Å². The fourth-order valence-corrected chi connectivity index (χ4v) is 8.62. The van der Waals surface area contributed by atoms with E-state index >= 15 is 0 Å². The molecule has 54 heavy (non-hydrogen) atoms. The maximum atomic E-state index is 2.45. The molecule has 9 aromatic carbocycles. The van der Waals surface area contributed by atoms with Crippen molar-refractivity contribution in [1.82, 2.24) is 9.13 Å². The number of benzene rings is 9. The van der Waals surface area contributed by atoms with Gasteiger partial charge < -0.3 is 9.13 Å². The molecule has 252 valence electrons. The summed E-state index contributed by atoms with van der Waals surface area (Å²) in [5.41, 5.74) is 14.4. The molecule has 0 saturated heterocycles. The van der Waals surface area contributed by atoms with Crippen LogP contribution in [-0.4, -0.2) is 9.13 Å². The van der Waals surface area contributed by atoms with Crippen LogP contribution in [-0.2, 0) is 0 Å². The molecule has 2 nitrogen and oxygen atoms in total. The standard InChI is InChI=1S/C52H34N2/c1-2-15-36(16-3-1)41-18-6-10-22-47(41)54-49-24-12-8-20-43(49)45-30-28-39(34-52(45)54)38-29-31-51-46(33-38)44-21-9-13-25-50(44)53(51)48-23-11-7-19-42(48)40-27-26-35-14-4-5-17-37(35)32-40/h1-34H. The van der Waals surface area contributed by atoms with Crippen LogP contribution in [0.2, 0.25) is 0 Å². The minimum atomic E-state index is 1.18. The second-order valence-electron chi connectivity index (χ2n) is 14.1. The van der Waals surface area contributed by atoms with Crippen LogP contribution in [0.4, 0.5) is 0 Å². The van der Waals surface area contributed by atoms with Crippen LogP contribution >= 0.6 is 0 Å². The lowest BCUT2D eigenvalue weighted by molar-refractivity contribution is 1.18. The molecule has 0 radical (unpaired) electrons. The second-order valence-corrected chi connectivity index (χ2v) is 14.1. The van der Waals surface area contributed by atoms with Gasteiger partial charge in [0.1, 0.15) is 0 Å². The molecule has 0 aliphatic carbocycles. The minimum absolute atomic E-state index is 1.18. The molecule has 0 N–H and O–H groups in total. The van der Waals surface area contributed by atoms with Crippen molar-refractivity contribution >= 4 is 54.4 Å². The monoisotopic (exact) mass is 686 g/mol. The van der Waals surface area contributed by atoms with E-state index in [1.807, 2.05) is 0 Å². The molecule has 11 rings (SSSR count). The fraction of sp³-hybridized carbons (Fsp3) is 0. The Hall–Kier alpha value is -7.16. The first-order valence-corrected chi connectivity index (χ1v) is 18.6. The van der Waals surface area contributed by atoms with E-state index in [0.29, 0.717) is 0 Å². The van der Waals surface area contributed by atoms with Gasteiger partial charge in [-0.05, 0) is 81.6 Å². The van der Waals surface area contributed by atoms with Crippen molar-refractivity contribution in [1.29, 1.82) is 0 Å². The van der Waals surface area contributed by atoms with Gasteiger partial charge in [-0.3, -0.25) is 0 Å².